The van der Waals surface area contributed by atoms with Crippen molar-refractivity contribution in [2.24, 2.45) is 5.41 Å². The third-order valence-corrected chi connectivity index (χ3v) is 2.06. The van der Waals surface area contributed by atoms with Crippen LogP contribution in [0.3, 0.4) is 0 Å². The molecule has 1 rings (SSSR count). The summed E-state index contributed by atoms with van der Waals surface area (Å²) in [4.78, 5) is 0. The van der Waals surface area contributed by atoms with Gasteiger partial charge in [0, 0.05) is 18.5 Å². The number of aliphatic hydroxyl groups is 1. The van der Waals surface area contributed by atoms with E-state index in [0.29, 0.717) is 6.54 Å². The van der Waals surface area contributed by atoms with E-state index in [9.17, 15) is 9.50 Å². The minimum Gasteiger partial charge on any atom is -0.389 e. The average molecular weight is 147 g/mol. The molecular formula is C7H14FNO. The molecule has 0 aromatic heterocycles. The Labute approximate surface area is 60.4 Å². The van der Waals surface area contributed by atoms with Crippen LogP contribution in [0.15, 0.2) is 0 Å². The molecule has 1 aliphatic rings. The van der Waals surface area contributed by atoms with E-state index in [1.807, 2.05) is 13.8 Å². The molecule has 0 unspecified atom stereocenters. The highest BCUT2D eigenvalue weighted by molar-refractivity contribution is 4.90. The van der Waals surface area contributed by atoms with Gasteiger partial charge in [0.1, 0.15) is 6.17 Å². The van der Waals surface area contributed by atoms with Gasteiger partial charge in [0.25, 0.3) is 0 Å². The first-order valence-electron chi connectivity index (χ1n) is 3.57. The van der Waals surface area contributed by atoms with E-state index >= 15 is 0 Å². The number of hydrogen-bond acceptors (Lipinski definition) is 2. The molecule has 1 fully saturated rings. The molecule has 1 heterocycles. The topological polar surface area (TPSA) is 32.3 Å². The van der Waals surface area contributed by atoms with Crippen LogP contribution in [0.4, 0.5) is 4.39 Å². The highest BCUT2D eigenvalue weighted by Crippen LogP contribution is 2.26. The van der Waals surface area contributed by atoms with E-state index in [4.69, 9.17) is 0 Å². The van der Waals surface area contributed by atoms with Crippen molar-refractivity contribution in [2.75, 3.05) is 13.1 Å². The van der Waals surface area contributed by atoms with Crippen LogP contribution in [0.25, 0.3) is 0 Å². The normalized spacial score (nSPS) is 39.6. The first kappa shape index (κ1) is 7.95. The highest BCUT2D eigenvalue weighted by atomic mass is 19.1. The summed E-state index contributed by atoms with van der Waals surface area (Å²) in [6.07, 6.45) is -1.92. The fourth-order valence-corrected chi connectivity index (χ4v) is 1.24. The molecule has 0 aromatic rings. The number of rotatable bonds is 0. The Morgan fingerprint density at radius 2 is 2.20 bits per heavy atom. The second-order valence-corrected chi connectivity index (χ2v) is 3.58. The molecule has 2 atom stereocenters. The van der Waals surface area contributed by atoms with Gasteiger partial charge in [0.05, 0.1) is 6.10 Å². The summed E-state index contributed by atoms with van der Waals surface area (Å²) in [6.45, 7) is 4.69. The second-order valence-electron chi connectivity index (χ2n) is 3.58. The zero-order valence-electron chi connectivity index (χ0n) is 6.39. The third kappa shape index (κ3) is 1.30. The molecule has 1 aliphatic heterocycles. The Kier molecular flexibility index (Phi) is 1.97. The zero-order chi connectivity index (χ0) is 7.78. The van der Waals surface area contributed by atoms with E-state index < -0.39 is 12.3 Å². The molecule has 10 heavy (non-hydrogen) atoms. The van der Waals surface area contributed by atoms with Crippen molar-refractivity contribution < 1.29 is 9.50 Å². The van der Waals surface area contributed by atoms with Crippen LogP contribution in [0.1, 0.15) is 13.8 Å². The average Bonchev–Trinajstić information content (AvgIpc) is 1.83. The molecule has 0 aliphatic carbocycles. The Morgan fingerprint density at radius 3 is 2.60 bits per heavy atom. The molecule has 0 amide bonds. The van der Waals surface area contributed by atoms with Gasteiger partial charge in [-0.05, 0) is 0 Å². The second kappa shape index (κ2) is 2.47. The Bertz CT molecular complexity index is 127. The van der Waals surface area contributed by atoms with Gasteiger partial charge in [-0.3, -0.25) is 0 Å². The number of piperidine rings is 1. The van der Waals surface area contributed by atoms with Crippen molar-refractivity contribution in [3.05, 3.63) is 0 Å². The van der Waals surface area contributed by atoms with Gasteiger partial charge in [-0.1, -0.05) is 13.8 Å². The lowest BCUT2D eigenvalue weighted by Gasteiger charge is -2.37. The van der Waals surface area contributed by atoms with Gasteiger partial charge in [-0.25, -0.2) is 4.39 Å². The van der Waals surface area contributed by atoms with Crippen molar-refractivity contribution in [3.8, 4) is 0 Å². The lowest BCUT2D eigenvalue weighted by Crippen LogP contribution is -2.53. The number of alkyl halides is 1. The van der Waals surface area contributed by atoms with Crippen LogP contribution in [0.2, 0.25) is 0 Å². The summed E-state index contributed by atoms with van der Waals surface area (Å²) in [5.74, 6) is 0. The largest absolute Gasteiger partial charge is 0.389 e. The predicted molar refractivity (Wildman–Crippen MR) is 37.6 cm³/mol. The van der Waals surface area contributed by atoms with Crippen LogP contribution in [-0.4, -0.2) is 30.5 Å². The van der Waals surface area contributed by atoms with E-state index in [-0.39, 0.29) is 12.0 Å². The van der Waals surface area contributed by atoms with E-state index in [1.165, 1.54) is 0 Å². The smallest absolute Gasteiger partial charge is 0.139 e. The molecule has 2 N–H and O–H groups in total. The van der Waals surface area contributed by atoms with Crippen molar-refractivity contribution in [1.82, 2.24) is 5.32 Å². The first-order chi connectivity index (χ1) is 4.54. The van der Waals surface area contributed by atoms with Crippen molar-refractivity contribution in [1.29, 1.82) is 0 Å². The lowest BCUT2D eigenvalue weighted by molar-refractivity contribution is -0.0346. The van der Waals surface area contributed by atoms with Crippen molar-refractivity contribution >= 4 is 0 Å². The van der Waals surface area contributed by atoms with E-state index in [2.05, 4.69) is 5.32 Å². The maximum Gasteiger partial charge on any atom is 0.139 e. The molecule has 2 nitrogen and oxygen atoms in total. The fourth-order valence-electron chi connectivity index (χ4n) is 1.24. The van der Waals surface area contributed by atoms with Crippen LogP contribution < -0.4 is 5.32 Å². The quantitative estimate of drug-likeness (QED) is 0.517. The minimum atomic E-state index is -1.11. The molecular weight excluding hydrogens is 133 g/mol. The van der Waals surface area contributed by atoms with Crippen molar-refractivity contribution in [3.63, 3.8) is 0 Å². The predicted octanol–water partition coefficient (Wildman–Crippen LogP) is 0.315. The molecule has 0 bridgehead atoms. The summed E-state index contributed by atoms with van der Waals surface area (Å²) in [5, 5.41) is 12.2. The summed E-state index contributed by atoms with van der Waals surface area (Å²) in [6, 6.07) is 0. The van der Waals surface area contributed by atoms with Crippen LogP contribution in [-0.2, 0) is 0 Å². The molecule has 0 radical (unpaired) electrons. The van der Waals surface area contributed by atoms with Gasteiger partial charge < -0.3 is 10.4 Å². The number of aliphatic hydroxyl groups excluding tert-OH is 1. The SMILES string of the molecule is CC1(C)CNC[C@H](F)[C@@H]1O. The zero-order valence-corrected chi connectivity index (χ0v) is 6.39. The van der Waals surface area contributed by atoms with Gasteiger partial charge in [0.15, 0.2) is 0 Å². The molecule has 3 heteroatoms. The Morgan fingerprint density at radius 1 is 1.60 bits per heavy atom. The summed E-state index contributed by atoms with van der Waals surface area (Å²) in [7, 11) is 0. The minimum absolute atomic E-state index is 0.282. The van der Waals surface area contributed by atoms with Gasteiger partial charge in [0.2, 0.25) is 0 Å². The molecule has 1 saturated heterocycles. The summed E-state index contributed by atoms with van der Waals surface area (Å²) < 4.78 is 12.8. The Hall–Kier alpha value is -0.150. The fraction of sp³-hybridized carbons (Fsp3) is 1.00. The van der Waals surface area contributed by atoms with Gasteiger partial charge in [-0.15, -0.1) is 0 Å². The van der Waals surface area contributed by atoms with Gasteiger partial charge in [-0.2, -0.15) is 0 Å². The first-order valence-corrected chi connectivity index (χ1v) is 3.57. The molecule has 0 spiro atoms. The highest BCUT2D eigenvalue weighted by Gasteiger charge is 2.37. The molecule has 0 saturated carbocycles. The lowest BCUT2D eigenvalue weighted by atomic mass is 9.81. The number of hydrogen-bond donors (Lipinski definition) is 2. The molecule has 60 valence electrons. The van der Waals surface area contributed by atoms with E-state index in [0.717, 1.165) is 0 Å². The van der Waals surface area contributed by atoms with Crippen molar-refractivity contribution in [2.45, 2.75) is 26.1 Å². The van der Waals surface area contributed by atoms with Gasteiger partial charge >= 0.3 is 0 Å². The molecule has 0 aromatic carbocycles. The monoisotopic (exact) mass is 147 g/mol. The number of halogens is 1. The van der Waals surface area contributed by atoms with Crippen LogP contribution in [0, 0.1) is 5.41 Å². The summed E-state index contributed by atoms with van der Waals surface area (Å²) in [5.41, 5.74) is -0.322. The third-order valence-electron chi connectivity index (χ3n) is 2.06. The maximum atomic E-state index is 12.8. The van der Waals surface area contributed by atoms with E-state index in [1.54, 1.807) is 0 Å². The van der Waals surface area contributed by atoms with Crippen LogP contribution >= 0.6 is 0 Å². The number of nitrogens with one attached hydrogen (secondary N) is 1. The summed E-state index contributed by atoms with van der Waals surface area (Å²) >= 11 is 0. The Balaban J connectivity index is 2.60. The maximum absolute atomic E-state index is 12.8. The van der Waals surface area contributed by atoms with Crippen LogP contribution in [0.5, 0.6) is 0 Å². The standard InChI is InChI=1S/C7H14FNO/c1-7(2)4-9-3-5(8)6(7)10/h5-6,9-10H,3-4H2,1-2H3/t5-,6-/m0/s1.